The molecule has 19 heavy (non-hydrogen) atoms. The summed E-state index contributed by atoms with van der Waals surface area (Å²) >= 11 is 3.42. The number of carbonyl (C=O) groups excluding carboxylic acids is 1. The van der Waals surface area contributed by atoms with E-state index in [9.17, 15) is 4.79 Å². The van der Waals surface area contributed by atoms with Crippen LogP contribution in [-0.4, -0.2) is 12.5 Å². The van der Waals surface area contributed by atoms with E-state index >= 15 is 0 Å². The highest BCUT2D eigenvalue weighted by molar-refractivity contribution is 9.10. The second-order valence-corrected chi connectivity index (χ2v) is 5.26. The lowest BCUT2D eigenvalue weighted by Crippen LogP contribution is -2.31. The molecule has 0 aliphatic rings. The van der Waals surface area contributed by atoms with Crippen LogP contribution in [0.2, 0.25) is 0 Å². The number of anilines is 1. The van der Waals surface area contributed by atoms with Crippen LogP contribution in [0.5, 0.6) is 0 Å². The third kappa shape index (κ3) is 3.04. The second kappa shape index (κ2) is 6.02. The van der Waals surface area contributed by atoms with Gasteiger partial charge in [0.25, 0.3) is 5.91 Å². The largest absolute Gasteiger partial charge is 0.309 e. The number of carbonyl (C=O) groups is 1. The molecule has 0 radical (unpaired) electrons. The Morgan fingerprint density at radius 2 is 1.84 bits per heavy atom. The smallest absolute Gasteiger partial charge is 0.258 e. The Balaban J connectivity index is 2.36. The molecule has 0 spiro atoms. The summed E-state index contributed by atoms with van der Waals surface area (Å²) in [6.45, 7) is 4.59. The number of aryl methyl sites for hydroxylation is 1. The lowest BCUT2D eigenvalue weighted by molar-refractivity contribution is 0.0987. The van der Waals surface area contributed by atoms with Gasteiger partial charge < -0.3 is 4.90 Å². The molecule has 0 aromatic heterocycles. The molecule has 0 saturated carbocycles. The maximum absolute atomic E-state index is 12.6. The zero-order chi connectivity index (χ0) is 13.8. The average Bonchev–Trinajstić information content (AvgIpc) is 2.40. The molecule has 0 aliphatic heterocycles. The van der Waals surface area contributed by atoms with Crippen molar-refractivity contribution in [2.45, 2.75) is 13.8 Å². The van der Waals surface area contributed by atoms with Crippen LogP contribution >= 0.6 is 15.9 Å². The van der Waals surface area contributed by atoms with Crippen molar-refractivity contribution in [3.05, 3.63) is 64.1 Å². The molecule has 0 bridgehead atoms. The molecule has 3 heteroatoms. The Bertz CT molecular complexity index is 581. The highest BCUT2D eigenvalue weighted by Crippen LogP contribution is 2.21. The first kappa shape index (κ1) is 13.8. The molecule has 98 valence electrons. The van der Waals surface area contributed by atoms with E-state index in [0.717, 1.165) is 21.3 Å². The lowest BCUT2D eigenvalue weighted by Gasteiger charge is -2.22. The number of rotatable bonds is 3. The highest BCUT2D eigenvalue weighted by atomic mass is 79.9. The lowest BCUT2D eigenvalue weighted by atomic mass is 10.1. The standard InChI is InChI=1S/C16H16BrNO/c1-3-18(14-7-5-4-6-8-14)16(19)15-10-9-13(17)11-12(15)2/h4-11H,3H2,1-2H3. The van der Waals surface area contributed by atoms with Gasteiger partial charge in [-0.25, -0.2) is 0 Å². The van der Waals surface area contributed by atoms with Crippen LogP contribution in [0.3, 0.4) is 0 Å². The fraction of sp³-hybridized carbons (Fsp3) is 0.188. The van der Waals surface area contributed by atoms with Gasteiger partial charge in [-0.2, -0.15) is 0 Å². The van der Waals surface area contributed by atoms with Crippen LogP contribution < -0.4 is 4.90 Å². The third-order valence-electron chi connectivity index (χ3n) is 3.05. The molecular formula is C16H16BrNO. The number of nitrogens with zero attached hydrogens (tertiary/aromatic N) is 1. The number of halogens is 1. The van der Waals surface area contributed by atoms with Gasteiger partial charge in [0.05, 0.1) is 0 Å². The van der Waals surface area contributed by atoms with Gasteiger partial charge in [0, 0.05) is 22.3 Å². The topological polar surface area (TPSA) is 20.3 Å². The summed E-state index contributed by atoms with van der Waals surface area (Å²) in [7, 11) is 0. The van der Waals surface area contributed by atoms with E-state index in [1.54, 1.807) is 4.90 Å². The Kier molecular flexibility index (Phi) is 4.38. The van der Waals surface area contributed by atoms with Crippen molar-refractivity contribution in [1.82, 2.24) is 0 Å². The zero-order valence-electron chi connectivity index (χ0n) is 11.1. The number of benzene rings is 2. The van der Waals surface area contributed by atoms with E-state index in [1.807, 2.05) is 62.4 Å². The first-order valence-electron chi connectivity index (χ1n) is 6.26. The predicted molar refractivity (Wildman–Crippen MR) is 82.7 cm³/mol. The molecule has 0 atom stereocenters. The van der Waals surface area contributed by atoms with E-state index in [4.69, 9.17) is 0 Å². The van der Waals surface area contributed by atoms with Crippen molar-refractivity contribution in [1.29, 1.82) is 0 Å². The molecule has 0 unspecified atom stereocenters. The minimum Gasteiger partial charge on any atom is -0.309 e. The van der Waals surface area contributed by atoms with Gasteiger partial charge in [-0.05, 0) is 49.7 Å². The van der Waals surface area contributed by atoms with Crippen LogP contribution in [0, 0.1) is 6.92 Å². The molecule has 2 aromatic carbocycles. The summed E-state index contributed by atoms with van der Waals surface area (Å²) in [4.78, 5) is 14.4. The van der Waals surface area contributed by atoms with Gasteiger partial charge in [0.15, 0.2) is 0 Å². The summed E-state index contributed by atoms with van der Waals surface area (Å²) in [6, 6.07) is 15.5. The minimum absolute atomic E-state index is 0.0405. The monoisotopic (exact) mass is 317 g/mol. The molecule has 2 aromatic rings. The van der Waals surface area contributed by atoms with Crippen LogP contribution in [0.25, 0.3) is 0 Å². The summed E-state index contributed by atoms with van der Waals surface area (Å²) in [5, 5.41) is 0. The van der Waals surface area contributed by atoms with Gasteiger partial charge in [-0.15, -0.1) is 0 Å². The van der Waals surface area contributed by atoms with Crippen LogP contribution in [-0.2, 0) is 0 Å². The Morgan fingerprint density at radius 3 is 2.42 bits per heavy atom. The Labute approximate surface area is 122 Å². The van der Waals surface area contributed by atoms with E-state index in [1.165, 1.54) is 0 Å². The molecule has 1 amide bonds. The predicted octanol–water partition coefficient (Wildman–Crippen LogP) is 4.42. The molecular weight excluding hydrogens is 302 g/mol. The average molecular weight is 318 g/mol. The van der Waals surface area contributed by atoms with Gasteiger partial charge in [0.1, 0.15) is 0 Å². The molecule has 0 saturated heterocycles. The van der Waals surface area contributed by atoms with Gasteiger partial charge >= 0.3 is 0 Å². The molecule has 0 heterocycles. The molecule has 0 fully saturated rings. The summed E-state index contributed by atoms with van der Waals surface area (Å²) < 4.78 is 0.990. The first-order valence-corrected chi connectivity index (χ1v) is 7.06. The summed E-state index contributed by atoms with van der Waals surface area (Å²) in [5.41, 5.74) is 2.65. The van der Waals surface area contributed by atoms with E-state index in [0.29, 0.717) is 6.54 Å². The van der Waals surface area contributed by atoms with E-state index < -0.39 is 0 Å². The first-order chi connectivity index (χ1) is 9.13. The quantitative estimate of drug-likeness (QED) is 0.820. The van der Waals surface area contributed by atoms with Crippen molar-refractivity contribution in [2.24, 2.45) is 0 Å². The van der Waals surface area contributed by atoms with Crippen molar-refractivity contribution in [3.63, 3.8) is 0 Å². The zero-order valence-corrected chi connectivity index (χ0v) is 12.6. The maximum atomic E-state index is 12.6. The van der Waals surface area contributed by atoms with Gasteiger partial charge in [-0.3, -0.25) is 4.79 Å². The van der Waals surface area contributed by atoms with Gasteiger partial charge in [0.2, 0.25) is 0 Å². The van der Waals surface area contributed by atoms with Crippen LogP contribution in [0.1, 0.15) is 22.8 Å². The molecule has 2 rings (SSSR count). The minimum atomic E-state index is 0.0405. The van der Waals surface area contributed by atoms with Crippen molar-refractivity contribution < 1.29 is 4.79 Å². The van der Waals surface area contributed by atoms with E-state index in [-0.39, 0.29) is 5.91 Å². The molecule has 0 N–H and O–H groups in total. The highest BCUT2D eigenvalue weighted by Gasteiger charge is 2.17. The summed E-state index contributed by atoms with van der Waals surface area (Å²) in [6.07, 6.45) is 0. The molecule has 2 nitrogen and oxygen atoms in total. The van der Waals surface area contributed by atoms with Gasteiger partial charge in [-0.1, -0.05) is 34.1 Å². The molecule has 0 aliphatic carbocycles. The van der Waals surface area contributed by atoms with E-state index in [2.05, 4.69) is 15.9 Å². The van der Waals surface area contributed by atoms with Crippen molar-refractivity contribution in [3.8, 4) is 0 Å². The fourth-order valence-electron chi connectivity index (χ4n) is 2.06. The Hall–Kier alpha value is -1.61. The number of amides is 1. The summed E-state index contributed by atoms with van der Waals surface area (Å²) in [5.74, 6) is 0.0405. The third-order valence-corrected chi connectivity index (χ3v) is 3.54. The fourth-order valence-corrected chi connectivity index (χ4v) is 2.54. The SMILES string of the molecule is CCN(C(=O)c1ccc(Br)cc1C)c1ccccc1. The second-order valence-electron chi connectivity index (χ2n) is 4.34. The number of hydrogen-bond donors (Lipinski definition) is 0. The van der Waals surface area contributed by atoms with Crippen molar-refractivity contribution in [2.75, 3.05) is 11.4 Å². The maximum Gasteiger partial charge on any atom is 0.258 e. The number of para-hydroxylation sites is 1. The van der Waals surface area contributed by atoms with Crippen LogP contribution in [0.15, 0.2) is 53.0 Å². The number of hydrogen-bond acceptors (Lipinski definition) is 1. The normalized spacial score (nSPS) is 10.3. The van der Waals surface area contributed by atoms with Crippen LogP contribution in [0.4, 0.5) is 5.69 Å². The Morgan fingerprint density at radius 1 is 1.16 bits per heavy atom. The van der Waals surface area contributed by atoms with Crippen molar-refractivity contribution >= 4 is 27.5 Å².